The molecule has 0 fully saturated rings. The van der Waals surface area contributed by atoms with Crippen molar-refractivity contribution in [2.24, 2.45) is 0 Å². The summed E-state index contributed by atoms with van der Waals surface area (Å²) >= 11 is 0. The van der Waals surface area contributed by atoms with Gasteiger partial charge in [0.05, 0.1) is 0 Å². The van der Waals surface area contributed by atoms with E-state index in [1.54, 1.807) is 6.92 Å². The van der Waals surface area contributed by atoms with Crippen LogP contribution in [0.5, 0.6) is 0 Å². The first kappa shape index (κ1) is 18.7. The van der Waals surface area contributed by atoms with E-state index in [-0.39, 0.29) is 18.9 Å². The lowest BCUT2D eigenvalue weighted by Crippen LogP contribution is -2.43. The first-order valence-electron chi connectivity index (χ1n) is 8.85. The number of carbonyl (C=O) groups is 2. The van der Waals surface area contributed by atoms with E-state index in [2.05, 4.69) is 18.7 Å². The Hall–Kier alpha value is -3.08. The van der Waals surface area contributed by atoms with E-state index in [9.17, 15) is 14.7 Å². The van der Waals surface area contributed by atoms with Crippen LogP contribution in [0.25, 0.3) is 11.1 Å². The average Bonchev–Trinajstić information content (AvgIpc) is 2.97. The van der Waals surface area contributed by atoms with Crippen molar-refractivity contribution in [1.29, 1.82) is 0 Å². The number of carbonyl (C=O) groups excluding carboxylic acids is 1. The Kier molecular flexibility index (Phi) is 5.31. The summed E-state index contributed by atoms with van der Waals surface area (Å²) in [4.78, 5) is 25.1. The molecule has 0 saturated carbocycles. The van der Waals surface area contributed by atoms with Gasteiger partial charge in [-0.3, -0.25) is 4.90 Å². The molecular formula is C22H23NO4. The number of benzene rings is 2. The second kappa shape index (κ2) is 7.66. The van der Waals surface area contributed by atoms with Crippen LogP contribution in [0, 0.1) is 0 Å². The number of hydrogen-bond acceptors (Lipinski definition) is 3. The van der Waals surface area contributed by atoms with Crippen molar-refractivity contribution in [2.75, 3.05) is 13.7 Å². The van der Waals surface area contributed by atoms with Crippen molar-refractivity contribution in [3.05, 3.63) is 71.8 Å². The Bertz CT molecular complexity index is 844. The number of carboxylic acid groups (broad SMARTS) is 1. The number of amides is 1. The Balaban J connectivity index is 1.75. The molecule has 0 spiro atoms. The molecule has 1 unspecified atom stereocenters. The fourth-order valence-corrected chi connectivity index (χ4v) is 3.54. The van der Waals surface area contributed by atoms with E-state index in [4.69, 9.17) is 4.74 Å². The molecule has 0 aliphatic heterocycles. The number of fused-ring (bicyclic) bond motifs is 3. The average molecular weight is 365 g/mol. The zero-order chi connectivity index (χ0) is 19.6. The van der Waals surface area contributed by atoms with Gasteiger partial charge in [-0.15, -0.1) is 6.58 Å². The summed E-state index contributed by atoms with van der Waals surface area (Å²) in [5.41, 5.74) is 5.22. The van der Waals surface area contributed by atoms with Crippen molar-refractivity contribution >= 4 is 12.1 Å². The molecule has 0 aromatic heterocycles. The summed E-state index contributed by atoms with van der Waals surface area (Å²) in [6, 6.07) is 15.2. The Morgan fingerprint density at radius 3 is 2.11 bits per heavy atom. The third-order valence-electron chi connectivity index (χ3n) is 4.92. The smallest absolute Gasteiger partial charge is 0.410 e. The molecule has 1 aliphatic carbocycles. The lowest BCUT2D eigenvalue weighted by molar-refractivity contribution is -0.142. The molecule has 0 heterocycles. The van der Waals surface area contributed by atoms with Crippen molar-refractivity contribution in [2.45, 2.75) is 25.3 Å². The predicted octanol–water partition coefficient (Wildman–Crippen LogP) is 4.29. The van der Waals surface area contributed by atoms with Gasteiger partial charge in [-0.05, 0) is 35.6 Å². The molecule has 0 radical (unpaired) electrons. The monoisotopic (exact) mass is 365 g/mol. The van der Waals surface area contributed by atoms with Gasteiger partial charge < -0.3 is 9.84 Å². The molecule has 1 amide bonds. The van der Waals surface area contributed by atoms with Crippen molar-refractivity contribution < 1.29 is 19.4 Å². The van der Waals surface area contributed by atoms with Gasteiger partial charge in [0.15, 0.2) is 0 Å². The second-order valence-corrected chi connectivity index (χ2v) is 6.93. The molecule has 1 N–H and O–H groups in total. The third-order valence-corrected chi connectivity index (χ3v) is 4.92. The summed E-state index contributed by atoms with van der Waals surface area (Å²) in [6.07, 6.45) is -0.457. The Morgan fingerprint density at radius 1 is 1.11 bits per heavy atom. The van der Waals surface area contributed by atoms with Crippen LogP contribution in [0.15, 0.2) is 60.7 Å². The highest BCUT2D eigenvalue weighted by molar-refractivity contribution is 5.81. The molecule has 1 atom stereocenters. The number of ether oxygens (including phenoxy) is 1. The van der Waals surface area contributed by atoms with Gasteiger partial charge in [-0.25, -0.2) is 9.59 Å². The van der Waals surface area contributed by atoms with Crippen molar-refractivity contribution in [3.8, 4) is 11.1 Å². The van der Waals surface area contributed by atoms with E-state index in [0.717, 1.165) is 27.2 Å². The highest BCUT2D eigenvalue weighted by Crippen LogP contribution is 2.44. The number of hydrogen-bond donors (Lipinski definition) is 1. The maximum absolute atomic E-state index is 12.5. The summed E-state index contributed by atoms with van der Waals surface area (Å²) in [7, 11) is 1.45. The van der Waals surface area contributed by atoms with E-state index < -0.39 is 18.1 Å². The fourth-order valence-electron chi connectivity index (χ4n) is 3.54. The number of likely N-dealkylation sites (N-methyl/N-ethyl adjacent to an activating group) is 1. The lowest BCUT2D eigenvalue weighted by atomic mass is 9.98. The number of nitrogens with zero attached hydrogens (tertiary/aromatic N) is 1. The fraction of sp³-hybridized carbons (Fsp3) is 0.273. The van der Waals surface area contributed by atoms with E-state index in [1.165, 1.54) is 7.05 Å². The highest BCUT2D eigenvalue weighted by atomic mass is 16.6. The third kappa shape index (κ3) is 3.72. The summed E-state index contributed by atoms with van der Waals surface area (Å²) < 4.78 is 5.51. The number of carboxylic acids is 1. The first-order chi connectivity index (χ1) is 12.9. The SMILES string of the molecule is C=C(C)CC(C(=O)O)N(C)C(=O)OCC1c2ccccc2-c2ccccc21. The van der Waals surface area contributed by atoms with E-state index in [1.807, 2.05) is 36.4 Å². The Morgan fingerprint density at radius 2 is 1.63 bits per heavy atom. The van der Waals surface area contributed by atoms with E-state index in [0.29, 0.717) is 5.57 Å². The minimum atomic E-state index is -1.07. The van der Waals surface area contributed by atoms with Crippen LogP contribution in [0.3, 0.4) is 0 Å². The standard InChI is InChI=1S/C22H23NO4/c1-14(2)12-20(21(24)25)23(3)22(26)27-13-19-17-10-6-4-8-15(17)16-9-5-7-11-18(16)19/h4-11,19-20H,1,12-13H2,2-3H3,(H,24,25). The zero-order valence-corrected chi connectivity index (χ0v) is 15.5. The van der Waals surface area contributed by atoms with Gasteiger partial charge in [0.25, 0.3) is 0 Å². The Labute approximate surface area is 158 Å². The van der Waals surface area contributed by atoms with Gasteiger partial charge in [-0.2, -0.15) is 0 Å². The molecule has 5 heteroatoms. The van der Waals surface area contributed by atoms with Gasteiger partial charge in [0.2, 0.25) is 0 Å². The van der Waals surface area contributed by atoms with Gasteiger partial charge in [0.1, 0.15) is 12.6 Å². The maximum Gasteiger partial charge on any atom is 0.410 e. The molecule has 2 aromatic rings. The largest absolute Gasteiger partial charge is 0.480 e. The van der Waals surface area contributed by atoms with Gasteiger partial charge in [0, 0.05) is 13.0 Å². The van der Waals surface area contributed by atoms with Crippen LogP contribution >= 0.6 is 0 Å². The van der Waals surface area contributed by atoms with Crippen LogP contribution in [0.2, 0.25) is 0 Å². The van der Waals surface area contributed by atoms with Gasteiger partial charge in [-0.1, -0.05) is 54.1 Å². The van der Waals surface area contributed by atoms with Crippen LogP contribution in [0.1, 0.15) is 30.4 Å². The van der Waals surface area contributed by atoms with Gasteiger partial charge >= 0.3 is 12.1 Å². The molecule has 27 heavy (non-hydrogen) atoms. The number of rotatable bonds is 6. The normalized spacial score (nSPS) is 13.4. The molecule has 140 valence electrons. The number of aliphatic carboxylic acids is 1. The van der Waals surface area contributed by atoms with Crippen LogP contribution in [-0.2, 0) is 9.53 Å². The maximum atomic E-state index is 12.5. The summed E-state index contributed by atoms with van der Waals surface area (Å²) in [5, 5.41) is 9.39. The zero-order valence-electron chi connectivity index (χ0n) is 15.5. The molecule has 0 bridgehead atoms. The van der Waals surface area contributed by atoms with E-state index >= 15 is 0 Å². The topological polar surface area (TPSA) is 66.8 Å². The quantitative estimate of drug-likeness (QED) is 0.776. The lowest BCUT2D eigenvalue weighted by Gasteiger charge is -2.25. The van der Waals surface area contributed by atoms with Crippen molar-refractivity contribution in [1.82, 2.24) is 4.90 Å². The molecule has 2 aromatic carbocycles. The molecule has 1 aliphatic rings. The first-order valence-corrected chi connectivity index (χ1v) is 8.85. The summed E-state index contributed by atoms with van der Waals surface area (Å²) in [6.45, 7) is 5.64. The minimum Gasteiger partial charge on any atom is -0.480 e. The summed E-state index contributed by atoms with van der Waals surface area (Å²) in [5.74, 6) is -1.13. The molecule has 5 nitrogen and oxygen atoms in total. The second-order valence-electron chi connectivity index (χ2n) is 6.93. The van der Waals surface area contributed by atoms with Crippen molar-refractivity contribution in [3.63, 3.8) is 0 Å². The minimum absolute atomic E-state index is 0.0563. The highest BCUT2D eigenvalue weighted by Gasteiger charge is 2.31. The molecule has 3 rings (SSSR count). The van der Waals surface area contributed by atoms with Crippen LogP contribution in [-0.4, -0.2) is 41.8 Å². The predicted molar refractivity (Wildman–Crippen MR) is 104 cm³/mol. The molecular weight excluding hydrogens is 342 g/mol. The van der Waals surface area contributed by atoms with Crippen LogP contribution in [0.4, 0.5) is 4.79 Å². The van der Waals surface area contributed by atoms with Crippen LogP contribution < -0.4 is 0 Å². The molecule has 0 saturated heterocycles.